The van der Waals surface area contributed by atoms with Crippen molar-refractivity contribution in [2.75, 3.05) is 33.4 Å². The van der Waals surface area contributed by atoms with Gasteiger partial charge in [0.2, 0.25) is 0 Å². The Bertz CT molecular complexity index is 307. The van der Waals surface area contributed by atoms with Crippen LogP contribution < -0.4 is 10.6 Å². The minimum atomic E-state index is 0.236. The highest BCUT2D eigenvalue weighted by Gasteiger charge is 2.17. The van der Waals surface area contributed by atoms with Crippen LogP contribution in [0.3, 0.4) is 0 Å². The van der Waals surface area contributed by atoms with Crippen molar-refractivity contribution in [1.82, 2.24) is 10.6 Å². The number of nitrogens with one attached hydrogen (secondary N) is 2. The lowest BCUT2D eigenvalue weighted by molar-refractivity contribution is 0.0347. The SMILES string of the molecule is CN=C(NCCCC(C)(C)C)NC(C)COC1CCOC1. The van der Waals surface area contributed by atoms with Crippen LogP contribution in [-0.4, -0.2) is 51.5 Å². The summed E-state index contributed by atoms with van der Waals surface area (Å²) in [5.74, 6) is 0.850. The highest BCUT2D eigenvalue weighted by molar-refractivity contribution is 5.79. The van der Waals surface area contributed by atoms with Crippen LogP contribution in [0.2, 0.25) is 0 Å². The van der Waals surface area contributed by atoms with E-state index in [9.17, 15) is 0 Å². The molecule has 5 nitrogen and oxygen atoms in total. The summed E-state index contributed by atoms with van der Waals surface area (Å²) in [6.07, 6.45) is 3.62. The summed E-state index contributed by atoms with van der Waals surface area (Å²) in [6.45, 7) is 12.1. The third kappa shape index (κ3) is 8.94. The molecule has 1 rings (SSSR count). The molecule has 0 radical (unpaired) electrons. The normalized spacial score (nSPS) is 21.4. The zero-order valence-corrected chi connectivity index (χ0v) is 14.4. The maximum Gasteiger partial charge on any atom is 0.191 e. The predicted octanol–water partition coefficient (Wildman–Crippen LogP) is 2.17. The van der Waals surface area contributed by atoms with Gasteiger partial charge in [-0.3, -0.25) is 4.99 Å². The Morgan fingerprint density at radius 2 is 2.19 bits per heavy atom. The fourth-order valence-corrected chi connectivity index (χ4v) is 2.22. The number of hydrogen-bond donors (Lipinski definition) is 2. The second-order valence-corrected chi connectivity index (χ2v) is 7.03. The first-order chi connectivity index (χ1) is 9.90. The molecule has 0 amide bonds. The van der Waals surface area contributed by atoms with Gasteiger partial charge in [-0.2, -0.15) is 0 Å². The number of hydrogen-bond acceptors (Lipinski definition) is 3. The van der Waals surface area contributed by atoms with E-state index >= 15 is 0 Å². The van der Waals surface area contributed by atoms with Crippen molar-refractivity contribution in [2.45, 2.75) is 59.1 Å². The third-order valence-corrected chi connectivity index (χ3v) is 3.47. The molecule has 1 fully saturated rings. The Kier molecular flexibility index (Phi) is 8.04. The quantitative estimate of drug-likeness (QED) is 0.430. The van der Waals surface area contributed by atoms with E-state index < -0.39 is 0 Å². The summed E-state index contributed by atoms with van der Waals surface area (Å²) in [4.78, 5) is 4.26. The second-order valence-electron chi connectivity index (χ2n) is 7.03. The smallest absolute Gasteiger partial charge is 0.191 e. The first kappa shape index (κ1) is 18.2. The number of ether oxygens (including phenoxy) is 2. The van der Waals surface area contributed by atoms with Gasteiger partial charge in [-0.1, -0.05) is 20.8 Å². The fraction of sp³-hybridized carbons (Fsp3) is 0.938. The minimum absolute atomic E-state index is 0.236. The van der Waals surface area contributed by atoms with Crippen LogP contribution in [-0.2, 0) is 9.47 Å². The van der Waals surface area contributed by atoms with Gasteiger partial charge in [-0.25, -0.2) is 0 Å². The number of guanidine groups is 1. The van der Waals surface area contributed by atoms with Crippen LogP contribution >= 0.6 is 0 Å². The van der Waals surface area contributed by atoms with Gasteiger partial charge in [0.15, 0.2) is 5.96 Å². The molecular formula is C16H33N3O2. The Balaban J connectivity index is 2.14. The Morgan fingerprint density at radius 3 is 2.76 bits per heavy atom. The molecule has 0 aromatic rings. The molecule has 1 aliphatic rings. The number of nitrogens with zero attached hydrogens (tertiary/aromatic N) is 1. The Labute approximate surface area is 129 Å². The molecule has 2 N–H and O–H groups in total. The van der Waals surface area contributed by atoms with E-state index in [0.717, 1.165) is 38.6 Å². The van der Waals surface area contributed by atoms with Crippen molar-refractivity contribution < 1.29 is 9.47 Å². The van der Waals surface area contributed by atoms with Crippen molar-refractivity contribution >= 4 is 5.96 Å². The summed E-state index contributed by atoms with van der Waals surface area (Å²) < 4.78 is 11.1. The van der Waals surface area contributed by atoms with Crippen LogP contribution in [0.25, 0.3) is 0 Å². The zero-order valence-electron chi connectivity index (χ0n) is 14.4. The lowest BCUT2D eigenvalue weighted by Gasteiger charge is -2.21. The topological polar surface area (TPSA) is 54.9 Å². The highest BCUT2D eigenvalue weighted by Crippen LogP contribution is 2.19. The van der Waals surface area contributed by atoms with Crippen LogP contribution in [0.15, 0.2) is 4.99 Å². The molecule has 1 heterocycles. The highest BCUT2D eigenvalue weighted by atomic mass is 16.5. The summed E-state index contributed by atoms with van der Waals surface area (Å²) >= 11 is 0. The fourth-order valence-electron chi connectivity index (χ4n) is 2.22. The van der Waals surface area contributed by atoms with Gasteiger partial charge in [-0.15, -0.1) is 0 Å². The molecule has 0 aliphatic carbocycles. The summed E-state index contributed by atoms with van der Waals surface area (Å²) in [5, 5.41) is 6.72. The summed E-state index contributed by atoms with van der Waals surface area (Å²) in [6, 6.07) is 0.236. The molecule has 0 bridgehead atoms. The van der Waals surface area contributed by atoms with Gasteiger partial charge in [0, 0.05) is 26.2 Å². The molecule has 0 saturated carbocycles. The predicted molar refractivity (Wildman–Crippen MR) is 87.8 cm³/mol. The van der Waals surface area contributed by atoms with Crippen molar-refractivity contribution in [3.05, 3.63) is 0 Å². The van der Waals surface area contributed by atoms with E-state index in [4.69, 9.17) is 9.47 Å². The van der Waals surface area contributed by atoms with Crippen LogP contribution in [0.5, 0.6) is 0 Å². The van der Waals surface area contributed by atoms with Gasteiger partial charge < -0.3 is 20.1 Å². The third-order valence-electron chi connectivity index (χ3n) is 3.47. The van der Waals surface area contributed by atoms with E-state index in [0.29, 0.717) is 12.0 Å². The first-order valence-corrected chi connectivity index (χ1v) is 8.07. The lowest BCUT2D eigenvalue weighted by Crippen LogP contribution is -2.44. The monoisotopic (exact) mass is 299 g/mol. The average Bonchev–Trinajstić information content (AvgIpc) is 2.92. The molecule has 0 aromatic carbocycles. The van der Waals surface area contributed by atoms with Gasteiger partial charge in [0.05, 0.1) is 19.3 Å². The standard InChI is InChI=1S/C16H33N3O2/c1-13(11-21-14-7-10-20-12-14)19-15(17-5)18-9-6-8-16(2,3)4/h13-14H,6-12H2,1-5H3,(H2,17,18,19). The molecule has 0 spiro atoms. The van der Waals surface area contributed by atoms with E-state index in [-0.39, 0.29) is 12.1 Å². The van der Waals surface area contributed by atoms with Crippen LogP contribution in [0.4, 0.5) is 0 Å². The first-order valence-electron chi connectivity index (χ1n) is 8.07. The van der Waals surface area contributed by atoms with E-state index in [2.05, 4.69) is 43.3 Å². The van der Waals surface area contributed by atoms with Crippen LogP contribution in [0, 0.1) is 5.41 Å². The molecule has 1 saturated heterocycles. The molecule has 0 aromatic heterocycles. The van der Waals surface area contributed by atoms with Crippen molar-refractivity contribution in [3.8, 4) is 0 Å². The van der Waals surface area contributed by atoms with Crippen LogP contribution in [0.1, 0.15) is 47.0 Å². The van der Waals surface area contributed by atoms with Gasteiger partial charge in [-0.05, 0) is 31.6 Å². The lowest BCUT2D eigenvalue weighted by atomic mass is 9.91. The molecular weight excluding hydrogens is 266 g/mol. The largest absolute Gasteiger partial charge is 0.379 e. The Hall–Kier alpha value is -0.810. The molecule has 124 valence electrons. The maximum absolute atomic E-state index is 5.81. The van der Waals surface area contributed by atoms with Gasteiger partial charge in [0.1, 0.15) is 0 Å². The molecule has 21 heavy (non-hydrogen) atoms. The van der Waals surface area contributed by atoms with E-state index in [1.807, 2.05) is 0 Å². The molecule has 2 unspecified atom stereocenters. The van der Waals surface area contributed by atoms with Gasteiger partial charge in [0.25, 0.3) is 0 Å². The van der Waals surface area contributed by atoms with Crippen molar-refractivity contribution in [2.24, 2.45) is 10.4 Å². The van der Waals surface area contributed by atoms with E-state index in [1.54, 1.807) is 7.05 Å². The summed E-state index contributed by atoms with van der Waals surface area (Å²) in [7, 11) is 1.80. The van der Waals surface area contributed by atoms with E-state index in [1.165, 1.54) is 6.42 Å². The maximum atomic E-state index is 5.81. The minimum Gasteiger partial charge on any atom is -0.379 e. The second kappa shape index (κ2) is 9.26. The average molecular weight is 299 g/mol. The van der Waals surface area contributed by atoms with Gasteiger partial charge >= 0.3 is 0 Å². The van der Waals surface area contributed by atoms with Crippen molar-refractivity contribution in [3.63, 3.8) is 0 Å². The molecule has 5 heteroatoms. The molecule has 1 aliphatic heterocycles. The number of rotatable bonds is 7. The van der Waals surface area contributed by atoms with Crippen molar-refractivity contribution in [1.29, 1.82) is 0 Å². The summed E-state index contributed by atoms with van der Waals surface area (Å²) in [5.41, 5.74) is 0.392. The Morgan fingerprint density at radius 1 is 1.43 bits per heavy atom. The molecule has 2 atom stereocenters. The number of aliphatic imine (C=N–C) groups is 1. The zero-order chi connectivity index (χ0) is 15.7.